The molecule has 0 saturated carbocycles. The summed E-state index contributed by atoms with van der Waals surface area (Å²) < 4.78 is 0. The number of fused-ring (bicyclic) bond motifs is 3. The van der Waals surface area contributed by atoms with Gasteiger partial charge < -0.3 is 15.1 Å². The molecule has 1 N–H and O–H groups in total. The first-order chi connectivity index (χ1) is 15.7. The summed E-state index contributed by atoms with van der Waals surface area (Å²) in [7, 11) is 4.61. The molecule has 0 bridgehead atoms. The maximum Gasteiger partial charge on any atom is 0.0607 e. The molecule has 1 aliphatic carbocycles. The molecule has 2 aromatic rings. The monoisotopic (exact) mass is 431 g/mol. The number of aryl methyl sites for hydroxylation is 1. The molecule has 4 aliphatic rings. The quantitative estimate of drug-likeness (QED) is 0.804. The number of pyridine rings is 1. The second-order valence-corrected chi connectivity index (χ2v) is 10.6. The minimum Gasteiger partial charge on any atom is -0.369 e. The van der Waals surface area contributed by atoms with Gasteiger partial charge in [0.1, 0.15) is 0 Å². The van der Waals surface area contributed by atoms with Gasteiger partial charge in [0.15, 0.2) is 0 Å². The van der Waals surface area contributed by atoms with Crippen molar-refractivity contribution in [1.29, 1.82) is 0 Å². The molecule has 3 aliphatic heterocycles. The van der Waals surface area contributed by atoms with Gasteiger partial charge in [-0.15, -0.1) is 0 Å². The highest BCUT2D eigenvalue weighted by molar-refractivity contribution is 5.59. The molecule has 2 saturated heterocycles. The van der Waals surface area contributed by atoms with Crippen LogP contribution in [-0.2, 0) is 19.4 Å². The number of benzene rings is 1. The van der Waals surface area contributed by atoms with Crippen molar-refractivity contribution in [2.45, 2.75) is 56.8 Å². The third-order valence-electron chi connectivity index (χ3n) is 8.65. The molecule has 2 fully saturated rings. The molecule has 4 heterocycles. The minimum atomic E-state index is 0.451. The number of aromatic nitrogens is 1. The molecule has 5 heteroatoms. The highest BCUT2D eigenvalue weighted by Gasteiger charge is 2.40. The van der Waals surface area contributed by atoms with E-state index in [1.165, 1.54) is 67.8 Å². The Morgan fingerprint density at radius 1 is 1.12 bits per heavy atom. The van der Waals surface area contributed by atoms with E-state index in [-0.39, 0.29) is 0 Å². The maximum absolute atomic E-state index is 4.78. The van der Waals surface area contributed by atoms with Gasteiger partial charge in [-0.3, -0.25) is 9.88 Å². The molecule has 5 nitrogen and oxygen atoms in total. The van der Waals surface area contributed by atoms with Crippen LogP contribution in [0, 0.1) is 5.92 Å². The molecule has 0 radical (unpaired) electrons. The Labute approximate surface area is 192 Å². The molecule has 0 spiro atoms. The van der Waals surface area contributed by atoms with Crippen molar-refractivity contribution in [3.05, 3.63) is 58.9 Å². The predicted octanol–water partition coefficient (Wildman–Crippen LogP) is 3.25. The minimum absolute atomic E-state index is 0.451. The smallest absolute Gasteiger partial charge is 0.0607 e. The van der Waals surface area contributed by atoms with E-state index in [1.807, 2.05) is 6.20 Å². The number of likely N-dealkylation sites (tertiary alicyclic amines) is 1. The normalized spacial score (nSPS) is 29.8. The Hall–Kier alpha value is -1.95. The summed E-state index contributed by atoms with van der Waals surface area (Å²) in [5.41, 5.74) is 7.35. The van der Waals surface area contributed by atoms with E-state index in [2.05, 4.69) is 64.4 Å². The van der Waals surface area contributed by atoms with Crippen molar-refractivity contribution in [2.24, 2.45) is 5.92 Å². The summed E-state index contributed by atoms with van der Waals surface area (Å²) in [5, 5.41) is 3.85. The highest BCUT2D eigenvalue weighted by atomic mass is 15.3. The van der Waals surface area contributed by atoms with Gasteiger partial charge in [-0.05, 0) is 87.5 Å². The standard InChI is InChI=1S/C27H37N5/c1-30-13-11-21-16-32(18-26(21)30)24-9-4-7-20-15-29-22(14-23(20)24)17-31(2)25-10-3-6-19-8-5-12-28-27(19)25/h4-5,7-9,12,21-22,25-26,29H,3,6,10-11,13-18H2,1-2H3/t21-,22-,25+,26+/m1/s1. The van der Waals surface area contributed by atoms with Gasteiger partial charge in [-0.2, -0.15) is 0 Å². The van der Waals surface area contributed by atoms with Crippen LogP contribution >= 0.6 is 0 Å². The topological polar surface area (TPSA) is 34.6 Å². The fraction of sp³-hybridized carbons (Fsp3) is 0.593. The second kappa shape index (κ2) is 8.44. The second-order valence-electron chi connectivity index (χ2n) is 10.6. The highest BCUT2D eigenvalue weighted by Crippen LogP contribution is 2.37. The zero-order valence-corrected chi connectivity index (χ0v) is 19.6. The van der Waals surface area contributed by atoms with Crippen molar-refractivity contribution in [3.8, 4) is 0 Å². The van der Waals surface area contributed by atoms with Gasteiger partial charge in [0.25, 0.3) is 0 Å². The van der Waals surface area contributed by atoms with Crippen LogP contribution in [0.15, 0.2) is 36.5 Å². The van der Waals surface area contributed by atoms with Crippen LogP contribution in [-0.4, -0.2) is 67.1 Å². The number of nitrogens with zero attached hydrogens (tertiary/aromatic N) is 4. The molecule has 0 unspecified atom stereocenters. The van der Waals surface area contributed by atoms with Crippen molar-refractivity contribution < 1.29 is 0 Å². The van der Waals surface area contributed by atoms with Crippen LogP contribution in [0.4, 0.5) is 5.69 Å². The lowest BCUT2D eigenvalue weighted by Crippen LogP contribution is -2.45. The van der Waals surface area contributed by atoms with E-state index in [1.54, 1.807) is 5.56 Å². The lowest BCUT2D eigenvalue weighted by atomic mass is 9.89. The van der Waals surface area contributed by atoms with Crippen LogP contribution in [0.25, 0.3) is 0 Å². The first kappa shape index (κ1) is 20.6. The summed E-state index contributed by atoms with van der Waals surface area (Å²) in [6, 6.07) is 13.0. The van der Waals surface area contributed by atoms with E-state index in [0.29, 0.717) is 12.1 Å². The summed E-state index contributed by atoms with van der Waals surface area (Å²) in [6.45, 7) is 5.76. The number of hydrogen-bond acceptors (Lipinski definition) is 5. The van der Waals surface area contributed by atoms with Gasteiger partial charge in [0.05, 0.1) is 11.7 Å². The third-order valence-corrected chi connectivity index (χ3v) is 8.65. The Bertz CT molecular complexity index is 974. The van der Waals surface area contributed by atoms with Gasteiger partial charge in [0, 0.05) is 50.1 Å². The van der Waals surface area contributed by atoms with Crippen molar-refractivity contribution in [3.63, 3.8) is 0 Å². The summed E-state index contributed by atoms with van der Waals surface area (Å²) in [4.78, 5) is 12.6. The van der Waals surface area contributed by atoms with Gasteiger partial charge in [0.2, 0.25) is 0 Å². The average Bonchev–Trinajstić information content (AvgIpc) is 3.40. The van der Waals surface area contributed by atoms with Gasteiger partial charge >= 0.3 is 0 Å². The maximum atomic E-state index is 4.78. The zero-order valence-electron chi connectivity index (χ0n) is 19.6. The van der Waals surface area contributed by atoms with E-state index < -0.39 is 0 Å². The molecule has 0 amide bonds. The molecule has 4 atom stereocenters. The number of hydrogen-bond donors (Lipinski definition) is 1. The number of anilines is 1. The molecule has 1 aromatic heterocycles. The van der Waals surface area contributed by atoms with Crippen LogP contribution < -0.4 is 10.2 Å². The molecular weight excluding hydrogens is 394 g/mol. The van der Waals surface area contributed by atoms with E-state index in [9.17, 15) is 0 Å². The fourth-order valence-corrected chi connectivity index (χ4v) is 6.88. The Morgan fingerprint density at radius 2 is 2.03 bits per heavy atom. The fourth-order valence-electron chi connectivity index (χ4n) is 6.88. The SMILES string of the molecule is CN(C[C@H]1Cc2c(cccc2N2C[C@H]3CCN(C)[C@H]3C2)CN1)[C@H]1CCCc2cccnc21. The Kier molecular flexibility index (Phi) is 5.44. The number of rotatable bonds is 4. The third kappa shape index (κ3) is 3.64. The van der Waals surface area contributed by atoms with Crippen molar-refractivity contribution >= 4 is 5.69 Å². The first-order valence-electron chi connectivity index (χ1n) is 12.6. The molecular formula is C27H37N5. The molecule has 170 valence electrons. The van der Waals surface area contributed by atoms with Crippen LogP contribution in [0.1, 0.15) is 47.7 Å². The molecule has 1 aromatic carbocycles. The van der Waals surface area contributed by atoms with Crippen LogP contribution in [0.3, 0.4) is 0 Å². The Balaban J connectivity index is 1.18. The number of nitrogens with one attached hydrogen (secondary N) is 1. The van der Waals surface area contributed by atoms with Crippen molar-refractivity contribution in [2.75, 3.05) is 45.2 Å². The average molecular weight is 432 g/mol. The number of likely N-dealkylation sites (N-methyl/N-ethyl adjacent to an activating group) is 2. The largest absolute Gasteiger partial charge is 0.369 e. The van der Waals surface area contributed by atoms with Crippen molar-refractivity contribution in [1.82, 2.24) is 20.1 Å². The first-order valence-corrected chi connectivity index (χ1v) is 12.6. The summed E-state index contributed by atoms with van der Waals surface area (Å²) in [6.07, 6.45) is 8.12. The summed E-state index contributed by atoms with van der Waals surface area (Å²) >= 11 is 0. The van der Waals surface area contributed by atoms with Gasteiger partial charge in [-0.25, -0.2) is 0 Å². The zero-order chi connectivity index (χ0) is 21.7. The molecule has 32 heavy (non-hydrogen) atoms. The molecule has 6 rings (SSSR count). The van der Waals surface area contributed by atoms with Gasteiger partial charge in [-0.1, -0.05) is 18.2 Å². The van der Waals surface area contributed by atoms with Crippen LogP contribution in [0.5, 0.6) is 0 Å². The van der Waals surface area contributed by atoms with E-state index >= 15 is 0 Å². The van der Waals surface area contributed by atoms with Crippen LogP contribution in [0.2, 0.25) is 0 Å². The van der Waals surface area contributed by atoms with E-state index in [0.717, 1.165) is 31.5 Å². The predicted molar refractivity (Wildman–Crippen MR) is 130 cm³/mol. The van der Waals surface area contributed by atoms with E-state index in [4.69, 9.17) is 4.98 Å². The summed E-state index contributed by atoms with van der Waals surface area (Å²) in [5.74, 6) is 0.846. The lowest BCUT2D eigenvalue weighted by Gasteiger charge is -2.37. The lowest BCUT2D eigenvalue weighted by molar-refractivity contribution is 0.191. The Morgan fingerprint density at radius 3 is 2.94 bits per heavy atom.